The summed E-state index contributed by atoms with van der Waals surface area (Å²) in [6, 6.07) is 0. The number of rotatable bonds is 0. The Morgan fingerprint density at radius 2 is 1.61 bits per heavy atom. The van der Waals surface area contributed by atoms with Crippen molar-refractivity contribution in [3.8, 4) is 0 Å². The molecule has 3 nitrogen and oxygen atoms in total. The number of nitrogens with zero attached hydrogens (tertiary/aromatic N) is 3. The average Bonchev–Trinajstić information content (AvgIpc) is 2.77. The molecule has 2 rings (SSSR count). The second kappa shape index (κ2) is 6.98. The third kappa shape index (κ3) is 4.01. The molecule has 2 heterocycles. The van der Waals surface area contributed by atoms with Crippen molar-refractivity contribution in [2.24, 2.45) is 0 Å². The van der Waals surface area contributed by atoms with E-state index < -0.39 is 11.9 Å². The SMILES string of the molecule is CC.CC.Cc1cnc2nc(C(F)(F)F)cn2c1. The van der Waals surface area contributed by atoms with E-state index >= 15 is 0 Å². The zero-order valence-electron chi connectivity index (χ0n) is 11.2. The molecule has 0 amide bonds. The molecule has 0 N–H and O–H groups in total. The first kappa shape index (κ1) is 16.4. The lowest BCUT2D eigenvalue weighted by atomic mass is 10.4. The molecule has 2 aromatic heterocycles. The third-order valence-corrected chi connectivity index (χ3v) is 1.73. The Hall–Kier alpha value is -1.59. The van der Waals surface area contributed by atoms with Gasteiger partial charge in [0.2, 0.25) is 5.78 Å². The standard InChI is InChI=1S/C8H6F3N3.2C2H6/c1-5-2-12-7-13-6(8(9,10)11)4-14(7)3-5;2*1-2/h2-4H,1H3;2*1-2H3. The first-order chi connectivity index (χ1) is 8.47. The van der Waals surface area contributed by atoms with Crippen molar-refractivity contribution in [1.29, 1.82) is 0 Å². The summed E-state index contributed by atoms with van der Waals surface area (Å²) in [5.74, 6) is 0.0583. The van der Waals surface area contributed by atoms with E-state index in [1.807, 2.05) is 27.7 Å². The molecule has 0 saturated heterocycles. The van der Waals surface area contributed by atoms with Gasteiger partial charge in [-0.15, -0.1) is 0 Å². The summed E-state index contributed by atoms with van der Waals surface area (Å²) in [6.45, 7) is 9.75. The van der Waals surface area contributed by atoms with Crippen LogP contribution in [0.4, 0.5) is 13.2 Å². The lowest BCUT2D eigenvalue weighted by molar-refractivity contribution is -0.140. The summed E-state index contributed by atoms with van der Waals surface area (Å²) >= 11 is 0. The third-order valence-electron chi connectivity index (χ3n) is 1.73. The number of hydrogen-bond acceptors (Lipinski definition) is 2. The Labute approximate surface area is 105 Å². The second-order valence-corrected chi connectivity index (χ2v) is 2.96. The number of fused-ring (bicyclic) bond motifs is 1. The molecule has 102 valence electrons. The fourth-order valence-electron chi connectivity index (χ4n) is 1.12. The van der Waals surface area contributed by atoms with Crippen LogP contribution in [0.5, 0.6) is 0 Å². The normalized spacial score (nSPS) is 10.2. The number of aryl methyl sites for hydroxylation is 1. The highest BCUT2D eigenvalue weighted by atomic mass is 19.4. The van der Waals surface area contributed by atoms with Crippen LogP contribution >= 0.6 is 0 Å². The maximum absolute atomic E-state index is 12.2. The quantitative estimate of drug-likeness (QED) is 0.714. The molecule has 0 aliphatic heterocycles. The van der Waals surface area contributed by atoms with Gasteiger partial charge in [0.15, 0.2) is 5.69 Å². The van der Waals surface area contributed by atoms with Crippen LogP contribution in [0.3, 0.4) is 0 Å². The molecule has 0 fully saturated rings. The molecule has 0 aromatic carbocycles. The van der Waals surface area contributed by atoms with Gasteiger partial charge in [-0.1, -0.05) is 27.7 Å². The molecule has 0 atom stereocenters. The van der Waals surface area contributed by atoms with Crippen LogP contribution in [0.1, 0.15) is 39.0 Å². The zero-order chi connectivity index (χ0) is 14.3. The molecule has 0 aliphatic carbocycles. The van der Waals surface area contributed by atoms with Crippen molar-refractivity contribution in [3.63, 3.8) is 0 Å². The van der Waals surface area contributed by atoms with Gasteiger partial charge >= 0.3 is 6.18 Å². The Balaban J connectivity index is 0.000000659. The van der Waals surface area contributed by atoms with Crippen molar-refractivity contribution in [2.75, 3.05) is 0 Å². The van der Waals surface area contributed by atoms with Crippen LogP contribution in [-0.2, 0) is 6.18 Å². The van der Waals surface area contributed by atoms with Crippen molar-refractivity contribution in [1.82, 2.24) is 14.4 Å². The topological polar surface area (TPSA) is 30.2 Å². The van der Waals surface area contributed by atoms with Crippen LogP contribution in [-0.4, -0.2) is 14.4 Å². The Morgan fingerprint density at radius 3 is 2.11 bits per heavy atom. The minimum Gasteiger partial charge on any atom is -0.290 e. The van der Waals surface area contributed by atoms with Crippen LogP contribution in [0.25, 0.3) is 5.78 Å². The minimum absolute atomic E-state index is 0.0583. The predicted octanol–water partition coefficient (Wildman–Crippen LogP) is 4.11. The van der Waals surface area contributed by atoms with Gasteiger partial charge in [0.25, 0.3) is 0 Å². The van der Waals surface area contributed by atoms with E-state index in [4.69, 9.17) is 0 Å². The van der Waals surface area contributed by atoms with Gasteiger partial charge in [0.05, 0.1) is 0 Å². The number of aromatic nitrogens is 3. The van der Waals surface area contributed by atoms with Gasteiger partial charge in [-0.2, -0.15) is 13.2 Å². The van der Waals surface area contributed by atoms with E-state index in [0.717, 1.165) is 11.8 Å². The molecule has 0 spiro atoms. The fraction of sp³-hybridized carbons (Fsp3) is 0.500. The van der Waals surface area contributed by atoms with Gasteiger partial charge in [0, 0.05) is 18.6 Å². The molecule has 2 aromatic rings. The number of alkyl halides is 3. The first-order valence-corrected chi connectivity index (χ1v) is 5.85. The molecular formula is C12H18F3N3. The Bertz CT molecular complexity index is 475. The number of hydrogen-bond donors (Lipinski definition) is 0. The highest BCUT2D eigenvalue weighted by Gasteiger charge is 2.34. The van der Waals surface area contributed by atoms with Crippen LogP contribution in [0, 0.1) is 6.92 Å². The molecule has 0 aliphatic rings. The fourth-order valence-corrected chi connectivity index (χ4v) is 1.12. The van der Waals surface area contributed by atoms with E-state index in [9.17, 15) is 13.2 Å². The Kier molecular flexibility index (Phi) is 6.36. The van der Waals surface area contributed by atoms with E-state index in [0.29, 0.717) is 0 Å². The monoisotopic (exact) mass is 261 g/mol. The summed E-state index contributed by atoms with van der Waals surface area (Å²) < 4.78 is 37.9. The Morgan fingerprint density at radius 1 is 1.06 bits per heavy atom. The maximum atomic E-state index is 12.2. The molecule has 0 unspecified atom stereocenters. The molecule has 18 heavy (non-hydrogen) atoms. The van der Waals surface area contributed by atoms with Gasteiger partial charge in [-0.3, -0.25) is 4.40 Å². The van der Waals surface area contributed by atoms with Crippen molar-refractivity contribution in [3.05, 3.63) is 29.8 Å². The second-order valence-electron chi connectivity index (χ2n) is 2.96. The van der Waals surface area contributed by atoms with E-state index in [2.05, 4.69) is 9.97 Å². The average molecular weight is 261 g/mol. The van der Waals surface area contributed by atoms with Crippen molar-refractivity contribution in [2.45, 2.75) is 40.8 Å². The lowest BCUT2D eigenvalue weighted by Gasteiger charge is -1.98. The summed E-state index contributed by atoms with van der Waals surface area (Å²) in [6.07, 6.45) is -0.468. The van der Waals surface area contributed by atoms with Crippen LogP contribution in [0.15, 0.2) is 18.6 Å². The predicted molar refractivity (Wildman–Crippen MR) is 65.4 cm³/mol. The largest absolute Gasteiger partial charge is 0.434 e. The van der Waals surface area contributed by atoms with Crippen LogP contribution in [0.2, 0.25) is 0 Å². The first-order valence-electron chi connectivity index (χ1n) is 5.85. The molecule has 0 saturated carbocycles. The van der Waals surface area contributed by atoms with Crippen LogP contribution < -0.4 is 0 Å². The minimum atomic E-state index is -4.42. The zero-order valence-corrected chi connectivity index (χ0v) is 11.2. The highest BCUT2D eigenvalue weighted by molar-refractivity contribution is 5.32. The molecule has 0 radical (unpaired) electrons. The van der Waals surface area contributed by atoms with Gasteiger partial charge in [-0.25, -0.2) is 9.97 Å². The molecule has 6 heteroatoms. The van der Waals surface area contributed by atoms with Crippen molar-refractivity contribution >= 4 is 5.78 Å². The van der Waals surface area contributed by atoms with E-state index in [-0.39, 0.29) is 5.78 Å². The lowest BCUT2D eigenvalue weighted by Crippen LogP contribution is -2.04. The molecular weight excluding hydrogens is 243 g/mol. The summed E-state index contributed by atoms with van der Waals surface area (Å²) in [5.41, 5.74) is -0.140. The van der Waals surface area contributed by atoms with E-state index in [1.165, 1.54) is 10.6 Å². The highest BCUT2D eigenvalue weighted by Crippen LogP contribution is 2.27. The number of imidazole rings is 1. The maximum Gasteiger partial charge on any atom is 0.434 e. The van der Waals surface area contributed by atoms with Gasteiger partial charge in [0.1, 0.15) is 0 Å². The smallest absolute Gasteiger partial charge is 0.290 e. The van der Waals surface area contributed by atoms with Crippen molar-refractivity contribution < 1.29 is 13.2 Å². The summed E-state index contributed by atoms with van der Waals surface area (Å²) in [5, 5.41) is 0. The summed E-state index contributed by atoms with van der Waals surface area (Å²) in [4.78, 5) is 7.12. The van der Waals surface area contributed by atoms with Gasteiger partial charge < -0.3 is 0 Å². The summed E-state index contributed by atoms with van der Waals surface area (Å²) in [7, 11) is 0. The van der Waals surface area contributed by atoms with Gasteiger partial charge in [-0.05, 0) is 12.5 Å². The molecule has 0 bridgehead atoms. The van der Waals surface area contributed by atoms with E-state index in [1.54, 1.807) is 13.1 Å². The number of halogens is 3.